The molecule has 1 aromatic heterocycles. The number of hydrogen-bond donors (Lipinski definition) is 3. The molecule has 3 N–H and O–H groups in total. The molecule has 0 aliphatic rings. The summed E-state index contributed by atoms with van der Waals surface area (Å²) in [4.78, 5) is 36.4. The van der Waals surface area contributed by atoms with Gasteiger partial charge in [-0.15, -0.1) is 5.10 Å². The number of rotatable bonds is 10. The number of carboxylic acid groups (broad SMARTS) is 1. The van der Waals surface area contributed by atoms with Crippen molar-refractivity contribution in [1.82, 2.24) is 25.5 Å². The zero-order valence-electron chi connectivity index (χ0n) is 18.8. The molecular formula is C22H21ClN6O6S. The number of nitrogens with zero attached hydrogens (tertiary/aromatic N) is 4. The Labute approximate surface area is 210 Å². The Morgan fingerprint density at radius 1 is 1.17 bits per heavy atom. The van der Waals surface area contributed by atoms with Gasteiger partial charge in [0, 0.05) is 28.6 Å². The minimum Gasteiger partial charge on any atom is -0.478 e. The highest BCUT2D eigenvalue weighted by Crippen LogP contribution is 2.20. The van der Waals surface area contributed by atoms with Gasteiger partial charge in [0.1, 0.15) is 22.2 Å². The van der Waals surface area contributed by atoms with E-state index in [-0.39, 0.29) is 23.4 Å². The maximum Gasteiger partial charge on any atom is 0.335 e. The predicted octanol–water partition coefficient (Wildman–Crippen LogP) is 1.59. The van der Waals surface area contributed by atoms with Gasteiger partial charge in [-0.05, 0) is 65.4 Å². The van der Waals surface area contributed by atoms with Crippen LogP contribution >= 0.6 is 11.6 Å². The molecule has 14 heteroatoms. The van der Waals surface area contributed by atoms with Gasteiger partial charge in [-0.2, -0.15) is 4.68 Å². The van der Waals surface area contributed by atoms with E-state index in [9.17, 15) is 22.8 Å². The van der Waals surface area contributed by atoms with Crippen LogP contribution in [0.4, 0.5) is 5.69 Å². The SMILES string of the molecule is CS(=O)(=O)CCC(NC(=O)/C=C/c1cc(Cl)ccc1-n1cnnn1)C(=O)Nc1ccc(C(=O)O)cc1. The Morgan fingerprint density at radius 2 is 1.89 bits per heavy atom. The van der Waals surface area contributed by atoms with Gasteiger partial charge >= 0.3 is 5.97 Å². The summed E-state index contributed by atoms with van der Waals surface area (Å²) >= 11 is 6.07. The van der Waals surface area contributed by atoms with Crippen LogP contribution in [0.25, 0.3) is 11.8 Å². The molecule has 1 unspecified atom stereocenters. The van der Waals surface area contributed by atoms with Crippen LogP contribution in [-0.2, 0) is 19.4 Å². The number of aromatic nitrogens is 4. The van der Waals surface area contributed by atoms with Gasteiger partial charge in [0.15, 0.2) is 0 Å². The number of hydrogen-bond acceptors (Lipinski definition) is 8. The van der Waals surface area contributed by atoms with Crippen LogP contribution in [0.5, 0.6) is 0 Å². The van der Waals surface area contributed by atoms with Crippen LogP contribution in [0.2, 0.25) is 5.02 Å². The molecule has 3 rings (SSSR count). The summed E-state index contributed by atoms with van der Waals surface area (Å²) in [5.41, 5.74) is 1.37. The normalized spacial score (nSPS) is 12.3. The first-order chi connectivity index (χ1) is 17.0. The van der Waals surface area contributed by atoms with Gasteiger partial charge in [0.05, 0.1) is 17.0 Å². The number of tetrazole rings is 1. The average molecular weight is 533 g/mol. The van der Waals surface area contributed by atoms with Crippen molar-refractivity contribution in [3.8, 4) is 5.69 Å². The van der Waals surface area contributed by atoms with Crippen LogP contribution in [0, 0.1) is 0 Å². The van der Waals surface area contributed by atoms with E-state index in [1.807, 2.05) is 0 Å². The predicted molar refractivity (Wildman–Crippen MR) is 131 cm³/mol. The highest BCUT2D eigenvalue weighted by atomic mass is 35.5. The zero-order valence-corrected chi connectivity index (χ0v) is 20.4. The van der Waals surface area contributed by atoms with Crippen LogP contribution in [0.3, 0.4) is 0 Å². The molecule has 12 nitrogen and oxygen atoms in total. The Hall–Kier alpha value is -4.10. The van der Waals surface area contributed by atoms with Crippen molar-refractivity contribution >= 4 is 51.0 Å². The molecule has 36 heavy (non-hydrogen) atoms. The van der Waals surface area contributed by atoms with E-state index in [4.69, 9.17) is 16.7 Å². The highest BCUT2D eigenvalue weighted by molar-refractivity contribution is 7.90. The molecular weight excluding hydrogens is 512 g/mol. The molecule has 2 amide bonds. The first-order valence-electron chi connectivity index (χ1n) is 10.4. The molecule has 3 aromatic rings. The lowest BCUT2D eigenvalue weighted by Crippen LogP contribution is -2.44. The van der Waals surface area contributed by atoms with Crippen molar-refractivity contribution in [2.24, 2.45) is 0 Å². The Morgan fingerprint density at radius 3 is 2.50 bits per heavy atom. The smallest absolute Gasteiger partial charge is 0.335 e. The second-order valence-corrected chi connectivity index (χ2v) is 10.3. The average Bonchev–Trinajstić information content (AvgIpc) is 3.35. The van der Waals surface area contributed by atoms with E-state index in [0.29, 0.717) is 16.3 Å². The molecule has 1 heterocycles. The van der Waals surface area contributed by atoms with Crippen molar-refractivity contribution < 1.29 is 27.9 Å². The quantitative estimate of drug-likeness (QED) is 0.327. The van der Waals surface area contributed by atoms with E-state index in [1.165, 1.54) is 47.4 Å². The molecule has 0 radical (unpaired) electrons. The summed E-state index contributed by atoms with van der Waals surface area (Å²) in [6, 6.07) is 9.08. The van der Waals surface area contributed by atoms with Gasteiger partial charge in [0.25, 0.3) is 0 Å². The number of benzene rings is 2. The minimum absolute atomic E-state index is 0.0297. The first-order valence-corrected chi connectivity index (χ1v) is 12.8. The highest BCUT2D eigenvalue weighted by Gasteiger charge is 2.22. The van der Waals surface area contributed by atoms with Gasteiger partial charge in [-0.3, -0.25) is 9.59 Å². The second kappa shape index (κ2) is 11.6. The third-order valence-electron chi connectivity index (χ3n) is 4.81. The fourth-order valence-electron chi connectivity index (χ4n) is 3.05. The minimum atomic E-state index is -3.42. The molecule has 0 saturated carbocycles. The van der Waals surface area contributed by atoms with Crippen molar-refractivity contribution in [2.45, 2.75) is 12.5 Å². The fourth-order valence-corrected chi connectivity index (χ4v) is 3.90. The lowest BCUT2D eigenvalue weighted by atomic mass is 10.1. The standard InChI is InChI=1S/C22H21ClN6O6S/c1-36(34,35)11-10-18(21(31)25-17-6-2-14(3-7-17)22(32)33)26-20(30)9-4-15-12-16(23)5-8-19(15)29-13-24-27-28-29/h2-9,12-13,18H,10-11H2,1H3,(H,25,31)(H,26,30)(H,32,33)/b9-4+. The van der Waals surface area contributed by atoms with Crippen molar-refractivity contribution in [3.63, 3.8) is 0 Å². The largest absolute Gasteiger partial charge is 0.478 e. The lowest BCUT2D eigenvalue weighted by Gasteiger charge is -2.17. The number of nitrogens with one attached hydrogen (secondary N) is 2. The van der Waals surface area contributed by atoms with Crippen LogP contribution in [0.1, 0.15) is 22.3 Å². The third kappa shape index (κ3) is 7.71. The van der Waals surface area contributed by atoms with Crippen LogP contribution in [-0.4, -0.2) is 69.6 Å². The molecule has 0 bridgehead atoms. The number of aromatic carboxylic acids is 1. The van der Waals surface area contributed by atoms with E-state index < -0.39 is 33.7 Å². The summed E-state index contributed by atoms with van der Waals surface area (Å²) in [6.07, 6.45) is 4.84. The Bertz CT molecular complexity index is 1390. The van der Waals surface area contributed by atoms with E-state index in [1.54, 1.807) is 18.2 Å². The Balaban J connectivity index is 1.76. The molecule has 1 atom stereocenters. The van der Waals surface area contributed by atoms with Crippen molar-refractivity contribution in [2.75, 3.05) is 17.3 Å². The van der Waals surface area contributed by atoms with Gasteiger partial charge in [0.2, 0.25) is 11.8 Å². The summed E-state index contributed by atoms with van der Waals surface area (Å²) in [7, 11) is -3.42. The van der Waals surface area contributed by atoms with E-state index in [0.717, 1.165) is 6.26 Å². The molecule has 0 aliphatic heterocycles. The maximum absolute atomic E-state index is 12.8. The number of halogens is 1. The number of carboxylic acids is 1. The number of sulfone groups is 1. The van der Waals surface area contributed by atoms with E-state index >= 15 is 0 Å². The summed E-state index contributed by atoms with van der Waals surface area (Å²) in [5, 5.41) is 25.4. The molecule has 188 valence electrons. The van der Waals surface area contributed by atoms with Crippen molar-refractivity contribution in [3.05, 3.63) is 71.0 Å². The van der Waals surface area contributed by atoms with Gasteiger partial charge in [-0.25, -0.2) is 13.2 Å². The topological polar surface area (TPSA) is 173 Å². The number of carbonyl (C=O) groups excluding carboxylic acids is 2. The molecule has 0 aliphatic carbocycles. The van der Waals surface area contributed by atoms with Crippen LogP contribution in [0.15, 0.2) is 54.9 Å². The zero-order chi connectivity index (χ0) is 26.3. The number of anilines is 1. The first kappa shape index (κ1) is 26.5. The molecule has 0 saturated heterocycles. The Kier molecular flexibility index (Phi) is 8.51. The third-order valence-corrected chi connectivity index (χ3v) is 6.02. The summed E-state index contributed by atoms with van der Waals surface area (Å²) < 4.78 is 24.7. The lowest BCUT2D eigenvalue weighted by molar-refractivity contribution is -0.123. The second-order valence-electron chi connectivity index (χ2n) is 7.64. The molecule has 2 aromatic carbocycles. The summed E-state index contributed by atoms with van der Waals surface area (Å²) in [6.45, 7) is 0. The molecule has 0 fully saturated rings. The summed E-state index contributed by atoms with van der Waals surface area (Å²) in [5.74, 6) is -2.79. The monoisotopic (exact) mass is 532 g/mol. The van der Waals surface area contributed by atoms with Crippen molar-refractivity contribution in [1.29, 1.82) is 0 Å². The number of amides is 2. The van der Waals surface area contributed by atoms with E-state index in [2.05, 4.69) is 26.2 Å². The van der Waals surface area contributed by atoms with Gasteiger partial charge < -0.3 is 15.7 Å². The van der Waals surface area contributed by atoms with Crippen LogP contribution < -0.4 is 10.6 Å². The number of carbonyl (C=O) groups is 3. The molecule has 0 spiro atoms. The fraction of sp³-hybridized carbons (Fsp3) is 0.182. The maximum atomic E-state index is 12.8. The van der Waals surface area contributed by atoms with Gasteiger partial charge in [-0.1, -0.05) is 11.6 Å².